The highest BCUT2D eigenvalue weighted by atomic mass is 19.4. The van der Waals surface area contributed by atoms with Crippen molar-refractivity contribution in [1.82, 2.24) is 19.9 Å². The van der Waals surface area contributed by atoms with Crippen LogP contribution >= 0.6 is 0 Å². The second-order valence-corrected chi connectivity index (χ2v) is 8.07. The molecule has 0 saturated carbocycles. The van der Waals surface area contributed by atoms with Crippen LogP contribution in [0.2, 0.25) is 0 Å². The molecule has 0 bridgehead atoms. The Morgan fingerprint density at radius 2 is 1.97 bits per heavy atom. The van der Waals surface area contributed by atoms with Gasteiger partial charge in [0, 0.05) is 56.0 Å². The highest BCUT2D eigenvalue weighted by molar-refractivity contribution is 5.84. The second kappa shape index (κ2) is 6.72. The van der Waals surface area contributed by atoms with E-state index < -0.39 is 11.9 Å². The number of aryl methyl sites for hydroxylation is 1. The van der Waals surface area contributed by atoms with Gasteiger partial charge in [-0.1, -0.05) is 0 Å². The molecule has 3 aromatic rings. The summed E-state index contributed by atoms with van der Waals surface area (Å²) in [5.41, 5.74) is 4.90. The van der Waals surface area contributed by atoms with Gasteiger partial charge >= 0.3 is 6.18 Å². The number of carbonyl (C=O) groups is 1. The third-order valence-electron chi connectivity index (χ3n) is 6.03. The van der Waals surface area contributed by atoms with Crippen LogP contribution in [0.3, 0.4) is 0 Å². The third-order valence-corrected chi connectivity index (χ3v) is 6.03. The molecule has 30 heavy (non-hydrogen) atoms. The number of pyridine rings is 1. The Hall–Kier alpha value is -3.10. The molecule has 2 aliphatic heterocycles. The molecule has 2 aromatic heterocycles. The number of carbonyl (C=O) groups excluding carboxylic acids is 1. The van der Waals surface area contributed by atoms with Crippen LogP contribution in [0.5, 0.6) is 0 Å². The largest absolute Gasteiger partial charge is 0.433 e. The van der Waals surface area contributed by atoms with Crippen LogP contribution in [0, 0.1) is 12.8 Å². The number of rotatable bonds is 3. The summed E-state index contributed by atoms with van der Waals surface area (Å²) in [6, 6.07) is 4.69. The Morgan fingerprint density at radius 1 is 1.20 bits per heavy atom. The van der Waals surface area contributed by atoms with E-state index in [0.29, 0.717) is 38.3 Å². The predicted molar refractivity (Wildman–Crippen MR) is 105 cm³/mol. The molecule has 0 atom stereocenters. The summed E-state index contributed by atoms with van der Waals surface area (Å²) in [5.74, 6) is 0.208. The molecule has 0 aliphatic carbocycles. The summed E-state index contributed by atoms with van der Waals surface area (Å²) in [7, 11) is 0. The molecule has 4 heterocycles. The van der Waals surface area contributed by atoms with Crippen molar-refractivity contribution < 1.29 is 18.0 Å². The van der Waals surface area contributed by atoms with Crippen LogP contribution in [-0.2, 0) is 24.1 Å². The minimum atomic E-state index is -4.46. The first-order chi connectivity index (χ1) is 14.3. The Balaban J connectivity index is 1.21. The zero-order chi connectivity index (χ0) is 21.0. The van der Waals surface area contributed by atoms with Crippen LogP contribution in [-0.4, -0.2) is 38.8 Å². The fourth-order valence-electron chi connectivity index (χ4n) is 4.40. The SMILES string of the molecule is Cc1cc2[nH]cnc2c2c1CN(C(=O)CC1CN(c3ccnc(C(F)(F)F)c3)C1)C2. The summed E-state index contributed by atoms with van der Waals surface area (Å²) < 4.78 is 38.6. The molecule has 1 amide bonds. The number of amides is 1. The van der Waals surface area contributed by atoms with E-state index in [1.165, 1.54) is 6.20 Å². The zero-order valence-corrected chi connectivity index (χ0v) is 16.3. The maximum Gasteiger partial charge on any atom is 0.433 e. The lowest BCUT2D eigenvalue weighted by Gasteiger charge is -2.41. The first-order valence-corrected chi connectivity index (χ1v) is 9.80. The molecule has 5 rings (SSSR count). The van der Waals surface area contributed by atoms with E-state index in [2.05, 4.69) is 21.0 Å². The van der Waals surface area contributed by atoms with E-state index in [4.69, 9.17) is 0 Å². The monoisotopic (exact) mass is 415 g/mol. The number of fused-ring (bicyclic) bond motifs is 3. The highest BCUT2D eigenvalue weighted by Crippen LogP contribution is 2.35. The lowest BCUT2D eigenvalue weighted by molar-refractivity contribution is -0.141. The number of H-pyrrole nitrogens is 1. The van der Waals surface area contributed by atoms with Crippen LogP contribution in [0.1, 0.15) is 28.8 Å². The quantitative estimate of drug-likeness (QED) is 0.709. The van der Waals surface area contributed by atoms with Gasteiger partial charge in [0.05, 0.1) is 17.4 Å². The minimum absolute atomic E-state index is 0.0737. The summed E-state index contributed by atoms with van der Waals surface area (Å²) in [6.07, 6.45) is -1.22. The molecule has 6 nitrogen and oxygen atoms in total. The maximum atomic E-state index is 12.9. The van der Waals surface area contributed by atoms with Gasteiger partial charge in [0.15, 0.2) is 0 Å². The molecule has 156 valence electrons. The van der Waals surface area contributed by atoms with Gasteiger partial charge in [0.1, 0.15) is 5.69 Å². The first kappa shape index (κ1) is 18.9. The Labute approximate surface area is 170 Å². The van der Waals surface area contributed by atoms with Crippen molar-refractivity contribution in [2.75, 3.05) is 18.0 Å². The van der Waals surface area contributed by atoms with E-state index in [9.17, 15) is 18.0 Å². The molecule has 1 fully saturated rings. The number of benzene rings is 1. The Bertz CT molecular complexity index is 1130. The normalized spacial score (nSPS) is 16.8. The fourth-order valence-corrected chi connectivity index (χ4v) is 4.40. The van der Waals surface area contributed by atoms with Gasteiger partial charge in [0.25, 0.3) is 0 Å². The Kier molecular flexibility index (Phi) is 4.23. The topological polar surface area (TPSA) is 65.1 Å². The third kappa shape index (κ3) is 3.18. The van der Waals surface area contributed by atoms with Gasteiger partial charge in [0.2, 0.25) is 5.91 Å². The molecule has 0 radical (unpaired) electrons. The van der Waals surface area contributed by atoms with Crippen molar-refractivity contribution >= 4 is 22.6 Å². The van der Waals surface area contributed by atoms with Gasteiger partial charge < -0.3 is 14.8 Å². The molecule has 1 N–H and O–H groups in total. The van der Waals surface area contributed by atoms with Gasteiger partial charge in [-0.05, 0) is 36.2 Å². The number of anilines is 1. The second-order valence-electron chi connectivity index (χ2n) is 8.07. The average molecular weight is 415 g/mol. The molecular weight excluding hydrogens is 395 g/mol. The lowest BCUT2D eigenvalue weighted by atomic mass is 9.95. The van der Waals surface area contributed by atoms with Crippen molar-refractivity contribution in [3.05, 3.63) is 53.1 Å². The van der Waals surface area contributed by atoms with E-state index in [0.717, 1.165) is 33.8 Å². The lowest BCUT2D eigenvalue weighted by Crippen LogP contribution is -2.48. The van der Waals surface area contributed by atoms with Crippen molar-refractivity contribution in [2.45, 2.75) is 32.6 Å². The molecule has 0 spiro atoms. The van der Waals surface area contributed by atoms with E-state index in [1.54, 1.807) is 12.4 Å². The van der Waals surface area contributed by atoms with Crippen LogP contribution in [0.15, 0.2) is 30.7 Å². The van der Waals surface area contributed by atoms with Gasteiger partial charge in [-0.15, -0.1) is 0 Å². The smallest absolute Gasteiger partial charge is 0.371 e. The fraction of sp³-hybridized carbons (Fsp3) is 0.381. The highest BCUT2D eigenvalue weighted by Gasteiger charge is 2.36. The van der Waals surface area contributed by atoms with Crippen molar-refractivity contribution in [3.8, 4) is 0 Å². The Morgan fingerprint density at radius 3 is 2.73 bits per heavy atom. The number of nitrogens with one attached hydrogen (secondary N) is 1. The number of aromatic amines is 1. The summed E-state index contributed by atoms with van der Waals surface area (Å²) >= 11 is 0. The van der Waals surface area contributed by atoms with Crippen molar-refractivity contribution in [3.63, 3.8) is 0 Å². The van der Waals surface area contributed by atoms with Gasteiger partial charge in [-0.2, -0.15) is 13.2 Å². The van der Waals surface area contributed by atoms with Crippen LogP contribution in [0.4, 0.5) is 18.9 Å². The number of imidazole rings is 1. The molecule has 0 unspecified atom stereocenters. The summed E-state index contributed by atoms with van der Waals surface area (Å²) in [6.45, 7) is 4.30. The average Bonchev–Trinajstić information content (AvgIpc) is 3.30. The van der Waals surface area contributed by atoms with E-state index >= 15 is 0 Å². The zero-order valence-electron chi connectivity index (χ0n) is 16.3. The molecule has 2 aliphatic rings. The summed E-state index contributed by atoms with van der Waals surface area (Å²) in [5, 5.41) is 0. The van der Waals surface area contributed by atoms with Crippen molar-refractivity contribution in [1.29, 1.82) is 0 Å². The van der Waals surface area contributed by atoms with Crippen LogP contribution in [0.25, 0.3) is 11.0 Å². The molecule has 1 saturated heterocycles. The number of alkyl halides is 3. The molecular formula is C21H20F3N5O. The number of hydrogen-bond donors (Lipinski definition) is 1. The first-order valence-electron chi connectivity index (χ1n) is 9.80. The van der Waals surface area contributed by atoms with Gasteiger partial charge in [-0.3, -0.25) is 9.78 Å². The van der Waals surface area contributed by atoms with Gasteiger partial charge in [-0.25, -0.2) is 4.98 Å². The molecule has 9 heteroatoms. The van der Waals surface area contributed by atoms with Crippen LogP contribution < -0.4 is 4.90 Å². The number of aromatic nitrogens is 3. The summed E-state index contributed by atoms with van der Waals surface area (Å²) in [4.78, 5) is 27.5. The van der Waals surface area contributed by atoms with Crippen molar-refractivity contribution in [2.24, 2.45) is 5.92 Å². The number of hydrogen-bond acceptors (Lipinski definition) is 4. The minimum Gasteiger partial charge on any atom is -0.371 e. The maximum absolute atomic E-state index is 12.9. The number of halogens is 3. The predicted octanol–water partition coefficient (Wildman–Crippen LogP) is 3.65. The van der Waals surface area contributed by atoms with E-state index in [-0.39, 0.29) is 11.8 Å². The standard InChI is InChI=1S/C21H20F3N5O/c1-12-4-17-20(27-11-26-17)16-10-29(9-15(12)16)19(30)5-13-7-28(8-13)14-2-3-25-18(6-14)21(22,23)24/h2-4,6,11,13H,5,7-10H2,1H3,(H,26,27). The molecule has 1 aromatic carbocycles. The van der Waals surface area contributed by atoms with E-state index in [1.807, 2.05) is 16.7 Å². The number of nitrogens with zero attached hydrogens (tertiary/aromatic N) is 4.